The maximum Gasteiger partial charge on any atom is 0.341 e. The Kier molecular flexibility index (Phi) is 4.49. The van der Waals surface area contributed by atoms with E-state index in [2.05, 4.69) is 6.08 Å². The third kappa shape index (κ3) is 2.76. The molecule has 3 aliphatic rings. The number of carboxylic acids is 1. The lowest BCUT2D eigenvalue weighted by Gasteiger charge is -2.40. The molecule has 1 N–H and O–H groups in total. The van der Waals surface area contributed by atoms with E-state index in [-0.39, 0.29) is 5.41 Å². The van der Waals surface area contributed by atoms with Crippen LogP contribution >= 0.6 is 23.2 Å². The topological polar surface area (TPSA) is 46.5 Å². The summed E-state index contributed by atoms with van der Waals surface area (Å²) in [6.07, 6.45) is 12.1. The summed E-state index contributed by atoms with van der Waals surface area (Å²) in [5.74, 6) is 0.0739. The van der Waals surface area contributed by atoms with E-state index >= 15 is 0 Å². The number of fused-ring (bicyclic) bond motifs is 3. The van der Waals surface area contributed by atoms with Crippen molar-refractivity contribution in [2.45, 2.75) is 51.4 Å². The zero-order chi connectivity index (χ0) is 17.6. The predicted octanol–water partition coefficient (Wildman–Crippen LogP) is 5.76. The molecule has 0 aromatic heterocycles. The number of carboxylic acid groups (broad SMARTS) is 1. The lowest BCUT2D eigenvalue weighted by atomic mass is 9.64. The molecule has 25 heavy (non-hydrogen) atoms. The highest BCUT2D eigenvalue weighted by Crippen LogP contribution is 2.62. The first-order valence-electron chi connectivity index (χ1n) is 9.09. The van der Waals surface area contributed by atoms with Crippen molar-refractivity contribution in [2.24, 2.45) is 11.3 Å². The van der Waals surface area contributed by atoms with Gasteiger partial charge in [-0.2, -0.15) is 0 Å². The van der Waals surface area contributed by atoms with E-state index in [4.69, 9.17) is 33.0 Å². The van der Waals surface area contributed by atoms with Gasteiger partial charge in [-0.25, -0.2) is 4.79 Å². The second kappa shape index (κ2) is 6.51. The number of ether oxygens (including phenoxy) is 1. The Labute approximate surface area is 158 Å². The molecule has 0 bridgehead atoms. The van der Waals surface area contributed by atoms with Gasteiger partial charge in [-0.3, -0.25) is 0 Å². The van der Waals surface area contributed by atoms with E-state index < -0.39 is 12.6 Å². The van der Waals surface area contributed by atoms with Crippen molar-refractivity contribution in [1.29, 1.82) is 0 Å². The van der Waals surface area contributed by atoms with Crippen LogP contribution in [0.3, 0.4) is 0 Å². The summed E-state index contributed by atoms with van der Waals surface area (Å²) in [7, 11) is 0. The van der Waals surface area contributed by atoms with Crippen molar-refractivity contribution >= 4 is 34.7 Å². The quantitative estimate of drug-likeness (QED) is 0.722. The van der Waals surface area contributed by atoms with Crippen LogP contribution in [0.1, 0.15) is 56.1 Å². The van der Waals surface area contributed by atoms with Gasteiger partial charge in [0.25, 0.3) is 0 Å². The second-order valence-corrected chi connectivity index (χ2v) is 8.30. The first kappa shape index (κ1) is 17.2. The molecule has 1 fully saturated rings. The Morgan fingerprint density at radius 2 is 2.00 bits per heavy atom. The van der Waals surface area contributed by atoms with Crippen LogP contribution in [0.15, 0.2) is 12.1 Å². The standard InChI is InChI=1S/C20H22Cl2O3/c21-18-15(25-11-16(23)24)9-12-10-20(13-5-1-2-6-13)8-4-3-7-14(20)17(12)19(18)22/h7,9,13H,1-6,8,10-11H2,(H,23,24). The van der Waals surface area contributed by atoms with Gasteiger partial charge in [-0.15, -0.1) is 0 Å². The fourth-order valence-corrected chi connectivity index (χ4v) is 5.77. The van der Waals surface area contributed by atoms with Crippen LogP contribution in [0.25, 0.3) is 5.57 Å². The van der Waals surface area contributed by atoms with Gasteiger partial charge in [0, 0.05) is 11.0 Å². The van der Waals surface area contributed by atoms with Crippen molar-refractivity contribution in [1.82, 2.24) is 0 Å². The molecule has 1 unspecified atom stereocenters. The van der Waals surface area contributed by atoms with Gasteiger partial charge in [0.15, 0.2) is 6.61 Å². The molecule has 1 aromatic carbocycles. The maximum absolute atomic E-state index is 10.8. The number of hydrogen-bond acceptors (Lipinski definition) is 2. The molecular formula is C20H22Cl2O3. The van der Waals surface area contributed by atoms with Crippen LogP contribution in [0.2, 0.25) is 10.0 Å². The molecular weight excluding hydrogens is 359 g/mol. The van der Waals surface area contributed by atoms with Crippen molar-refractivity contribution in [3.05, 3.63) is 33.3 Å². The summed E-state index contributed by atoms with van der Waals surface area (Å²) in [5, 5.41) is 9.72. The fourth-order valence-electron chi connectivity index (χ4n) is 5.25. The van der Waals surface area contributed by atoms with Gasteiger partial charge in [0.1, 0.15) is 10.8 Å². The highest BCUT2D eigenvalue weighted by atomic mass is 35.5. The molecule has 0 heterocycles. The SMILES string of the molecule is O=C(O)COc1cc2c(c(Cl)c1Cl)C1=CCCCC1(C1CCCC1)C2. The van der Waals surface area contributed by atoms with E-state index in [0.717, 1.165) is 24.0 Å². The summed E-state index contributed by atoms with van der Waals surface area (Å²) >= 11 is 13.1. The summed E-state index contributed by atoms with van der Waals surface area (Å²) < 4.78 is 5.38. The predicted molar refractivity (Wildman–Crippen MR) is 99.5 cm³/mol. The molecule has 3 nitrogen and oxygen atoms in total. The molecule has 0 radical (unpaired) electrons. The Morgan fingerprint density at radius 3 is 2.72 bits per heavy atom. The Balaban J connectivity index is 1.78. The number of hydrogen-bond donors (Lipinski definition) is 1. The highest BCUT2D eigenvalue weighted by molar-refractivity contribution is 6.44. The number of allylic oxidation sites excluding steroid dienone is 2. The van der Waals surface area contributed by atoms with Gasteiger partial charge in [0.05, 0.1) is 5.02 Å². The van der Waals surface area contributed by atoms with Crippen molar-refractivity contribution < 1.29 is 14.6 Å². The number of carbonyl (C=O) groups is 1. The van der Waals surface area contributed by atoms with E-state index in [0.29, 0.717) is 21.7 Å². The minimum absolute atomic E-state index is 0.190. The number of rotatable bonds is 4. The summed E-state index contributed by atoms with van der Waals surface area (Å²) in [4.78, 5) is 10.8. The van der Waals surface area contributed by atoms with Gasteiger partial charge in [-0.1, -0.05) is 42.1 Å². The van der Waals surface area contributed by atoms with Crippen molar-refractivity contribution in [2.75, 3.05) is 6.61 Å². The number of halogens is 2. The lowest BCUT2D eigenvalue weighted by Crippen LogP contribution is -2.30. The van der Waals surface area contributed by atoms with E-state index in [9.17, 15) is 4.79 Å². The Morgan fingerprint density at radius 1 is 1.24 bits per heavy atom. The zero-order valence-corrected chi connectivity index (χ0v) is 15.6. The van der Waals surface area contributed by atoms with Crippen LogP contribution in [0.4, 0.5) is 0 Å². The average Bonchev–Trinajstić information content (AvgIpc) is 3.22. The maximum atomic E-state index is 10.8. The van der Waals surface area contributed by atoms with Crippen LogP contribution < -0.4 is 4.74 Å². The third-order valence-electron chi connectivity index (χ3n) is 6.23. The minimum atomic E-state index is -1.02. The summed E-state index contributed by atoms with van der Waals surface area (Å²) in [6, 6.07) is 1.92. The smallest absolute Gasteiger partial charge is 0.341 e. The first-order valence-corrected chi connectivity index (χ1v) is 9.85. The second-order valence-electron chi connectivity index (χ2n) is 7.54. The molecule has 4 rings (SSSR count). The molecule has 3 aliphatic carbocycles. The van der Waals surface area contributed by atoms with Crippen LogP contribution in [0, 0.1) is 11.3 Å². The van der Waals surface area contributed by atoms with Crippen LogP contribution in [0.5, 0.6) is 5.75 Å². The van der Waals surface area contributed by atoms with Crippen LogP contribution in [-0.4, -0.2) is 17.7 Å². The van der Waals surface area contributed by atoms with Gasteiger partial charge in [0.2, 0.25) is 0 Å². The number of benzene rings is 1. The first-order chi connectivity index (χ1) is 12.0. The summed E-state index contributed by atoms with van der Waals surface area (Å²) in [6.45, 7) is -0.411. The molecule has 0 spiro atoms. The minimum Gasteiger partial charge on any atom is -0.480 e. The normalized spacial score (nSPS) is 25.4. The fraction of sp³-hybridized carbons (Fsp3) is 0.550. The molecule has 1 aromatic rings. The van der Waals surface area contributed by atoms with Crippen LogP contribution in [-0.2, 0) is 11.2 Å². The van der Waals surface area contributed by atoms with E-state index in [1.807, 2.05) is 6.07 Å². The molecule has 0 saturated heterocycles. The zero-order valence-electron chi connectivity index (χ0n) is 14.1. The van der Waals surface area contributed by atoms with Crippen molar-refractivity contribution in [3.8, 4) is 5.75 Å². The molecule has 134 valence electrons. The Hall–Kier alpha value is -1.19. The molecule has 0 aliphatic heterocycles. The van der Waals surface area contributed by atoms with Gasteiger partial charge in [-0.05, 0) is 61.6 Å². The molecule has 0 amide bonds. The number of aliphatic carboxylic acids is 1. The highest BCUT2D eigenvalue weighted by Gasteiger charge is 2.49. The van der Waals surface area contributed by atoms with Gasteiger partial charge < -0.3 is 9.84 Å². The van der Waals surface area contributed by atoms with Crippen molar-refractivity contribution in [3.63, 3.8) is 0 Å². The average molecular weight is 381 g/mol. The largest absolute Gasteiger partial charge is 0.480 e. The Bertz CT molecular complexity index is 750. The monoisotopic (exact) mass is 380 g/mol. The van der Waals surface area contributed by atoms with Gasteiger partial charge >= 0.3 is 5.97 Å². The third-order valence-corrected chi connectivity index (χ3v) is 7.08. The lowest BCUT2D eigenvalue weighted by molar-refractivity contribution is -0.139. The summed E-state index contributed by atoms with van der Waals surface area (Å²) in [5.41, 5.74) is 3.82. The molecule has 1 saturated carbocycles. The van der Waals surface area contributed by atoms with E-state index in [1.165, 1.54) is 44.1 Å². The molecule has 1 atom stereocenters. The molecule has 5 heteroatoms. The van der Waals surface area contributed by atoms with E-state index in [1.54, 1.807) is 0 Å².